The highest BCUT2D eigenvalue weighted by atomic mass is 32.2. The van der Waals surface area contributed by atoms with Gasteiger partial charge in [0.2, 0.25) is 5.95 Å². The van der Waals surface area contributed by atoms with Crippen molar-refractivity contribution in [3.63, 3.8) is 0 Å². The Bertz CT molecular complexity index is 1110. The summed E-state index contributed by atoms with van der Waals surface area (Å²) >= 11 is 0. The summed E-state index contributed by atoms with van der Waals surface area (Å²) in [7, 11) is -3.85. The summed E-state index contributed by atoms with van der Waals surface area (Å²) < 4.78 is 49.5. The van der Waals surface area contributed by atoms with Crippen molar-refractivity contribution in [1.82, 2.24) is 18.9 Å². The number of aryl methyl sites for hydroxylation is 1. The molecule has 8 nitrogen and oxygen atoms in total. The zero-order valence-corrected chi connectivity index (χ0v) is 19.2. The van der Waals surface area contributed by atoms with Crippen molar-refractivity contribution >= 4 is 21.8 Å². The minimum absolute atomic E-state index is 0.102. The van der Waals surface area contributed by atoms with Crippen molar-refractivity contribution in [1.29, 1.82) is 0 Å². The van der Waals surface area contributed by atoms with E-state index in [0.29, 0.717) is 11.1 Å². The van der Waals surface area contributed by atoms with Crippen LogP contribution in [0, 0.1) is 23.2 Å². The molecule has 32 heavy (non-hydrogen) atoms. The molecule has 0 spiro atoms. The van der Waals surface area contributed by atoms with Crippen LogP contribution in [0.5, 0.6) is 5.75 Å². The third-order valence-electron chi connectivity index (χ3n) is 8.03. The van der Waals surface area contributed by atoms with Gasteiger partial charge in [0.1, 0.15) is 11.9 Å². The first kappa shape index (κ1) is 20.7. The summed E-state index contributed by atoms with van der Waals surface area (Å²) in [6, 6.07) is 1.85. The van der Waals surface area contributed by atoms with Crippen LogP contribution in [-0.4, -0.2) is 53.2 Å². The van der Waals surface area contributed by atoms with Gasteiger partial charge in [-0.15, -0.1) is 10.2 Å². The van der Waals surface area contributed by atoms with Crippen LogP contribution >= 0.6 is 0 Å². The van der Waals surface area contributed by atoms with E-state index in [9.17, 15) is 12.8 Å². The second-order valence-electron chi connectivity index (χ2n) is 10.5. The maximum atomic E-state index is 13.1. The Balaban J connectivity index is 1.22. The van der Waals surface area contributed by atoms with Crippen LogP contribution in [0.4, 0.5) is 10.3 Å². The van der Waals surface area contributed by atoms with Crippen molar-refractivity contribution in [2.24, 2.45) is 23.2 Å². The summed E-state index contributed by atoms with van der Waals surface area (Å²) in [6.45, 7) is 2.53. The van der Waals surface area contributed by atoms with E-state index in [1.165, 1.54) is 38.5 Å². The molecule has 2 aromatic heterocycles. The fourth-order valence-corrected chi connectivity index (χ4v) is 8.11. The Morgan fingerprint density at radius 3 is 2.41 bits per heavy atom. The summed E-state index contributed by atoms with van der Waals surface area (Å²) in [5.41, 5.74) is 1.81. The highest BCUT2D eigenvalue weighted by Crippen LogP contribution is 2.60. The first-order valence-electron chi connectivity index (χ1n) is 11.7. The average molecular weight is 464 g/mol. The molecule has 174 valence electrons. The van der Waals surface area contributed by atoms with E-state index in [2.05, 4.69) is 21.8 Å². The highest BCUT2D eigenvalue weighted by molar-refractivity contribution is 7.90. The van der Waals surface area contributed by atoms with Crippen molar-refractivity contribution in [3.8, 4) is 5.75 Å². The normalized spacial score (nSPS) is 32.4. The zero-order valence-electron chi connectivity index (χ0n) is 18.3. The molecule has 5 aliphatic rings. The number of ether oxygens (including phenoxy) is 1. The molecule has 0 amide bonds. The van der Waals surface area contributed by atoms with Crippen molar-refractivity contribution < 1.29 is 17.5 Å². The van der Waals surface area contributed by atoms with E-state index in [1.54, 1.807) is 4.40 Å². The quantitative estimate of drug-likeness (QED) is 0.681. The van der Waals surface area contributed by atoms with Gasteiger partial charge in [0.05, 0.1) is 6.61 Å². The zero-order chi connectivity index (χ0) is 22.1. The topological polar surface area (TPSA) is 88.8 Å². The molecule has 1 aliphatic heterocycles. The van der Waals surface area contributed by atoms with Gasteiger partial charge in [-0.1, -0.05) is 6.92 Å². The minimum atomic E-state index is -3.85. The molecule has 5 fully saturated rings. The molecule has 0 unspecified atom stereocenters. The van der Waals surface area contributed by atoms with E-state index < -0.39 is 16.4 Å². The molecule has 2 aromatic rings. The molecule has 0 radical (unpaired) electrons. The maximum Gasteiger partial charge on any atom is 0.304 e. The van der Waals surface area contributed by atoms with Crippen molar-refractivity contribution in [3.05, 3.63) is 17.8 Å². The van der Waals surface area contributed by atoms with Gasteiger partial charge in [-0.05, 0) is 62.7 Å². The fraction of sp³-hybridized carbons (Fsp3) is 0.727. The van der Waals surface area contributed by atoms with Crippen molar-refractivity contribution in [2.45, 2.75) is 58.0 Å². The van der Waals surface area contributed by atoms with Gasteiger partial charge < -0.3 is 4.74 Å². The summed E-state index contributed by atoms with van der Waals surface area (Å²) in [5.74, 6) is 3.54. The lowest BCUT2D eigenvalue weighted by molar-refractivity contribution is -0.0746. The Hall–Kier alpha value is -1.94. The van der Waals surface area contributed by atoms with Crippen LogP contribution in [0.2, 0.25) is 0 Å². The van der Waals surface area contributed by atoms with Gasteiger partial charge in [0.25, 0.3) is 0 Å². The fourth-order valence-electron chi connectivity index (χ4n) is 6.89. The third kappa shape index (κ3) is 3.46. The first-order valence-corrected chi connectivity index (χ1v) is 13.2. The van der Waals surface area contributed by atoms with Crippen LogP contribution in [0.15, 0.2) is 12.3 Å². The molecule has 1 N–H and O–H groups in total. The molecule has 0 aromatic carbocycles. The number of aromatic nitrogens is 3. The number of nitrogens with zero attached hydrogens (tertiary/aromatic N) is 4. The van der Waals surface area contributed by atoms with Gasteiger partial charge in [-0.3, -0.25) is 4.40 Å². The van der Waals surface area contributed by atoms with Gasteiger partial charge in [0, 0.05) is 36.3 Å². The average Bonchev–Trinajstić information content (AvgIpc) is 3.09. The number of hydrogen-bond donors (Lipinski definition) is 1. The van der Waals surface area contributed by atoms with Gasteiger partial charge in [-0.25, -0.2) is 9.11 Å². The first-order chi connectivity index (χ1) is 15.3. The van der Waals surface area contributed by atoms with Crippen LogP contribution in [-0.2, 0) is 16.6 Å². The summed E-state index contributed by atoms with van der Waals surface area (Å²) in [5, 5.41) is 8.16. The molecule has 4 aliphatic carbocycles. The largest absolute Gasteiger partial charge is 0.493 e. The number of halogens is 1. The van der Waals surface area contributed by atoms with E-state index in [4.69, 9.17) is 4.74 Å². The lowest BCUT2D eigenvalue weighted by Gasteiger charge is -2.56. The highest BCUT2D eigenvalue weighted by Gasteiger charge is 2.51. The molecule has 4 bridgehead atoms. The van der Waals surface area contributed by atoms with Gasteiger partial charge in [-0.2, -0.15) is 12.7 Å². The monoisotopic (exact) mass is 463 g/mol. The number of nitrogens with one attached hydrogen (secondary N) is 1. The van der Waals surface area contributed by atoms with Crippen LogP contribution in [0.25, 0.3) is 5.65 Å². The predicted octanol–water partition coefficient (Wildman–Crippen LogP) is 3.20. The summed E-state index contributed by atoms with van der Waals surface area (Å²) in [4.78, 5) is 0. The Labute approximate surface area is 187 Å². The van der Waals surface area contributed by atoms with E-state index in [0.717, 1.165) is 46.4 Å². The molecule has 3 heterocycles. The number of anilines is 1. The molecule has 10 heteroatoms. The Morgan fingerprint density at radius 1 is 1.16 bits per heavy atom. The molecular weight excluding hydrogens is 433 g/mol. The van der Waals surface area contributed by atoms with Crippen LogP contribution in [0.1, 0.15) is 51.0 Å². The molecule has 0 atom stereocenters. The SMILES string of the molecule is CCc1cn2c(NS(=O)(=O)N3CC(F)C3)nnc2cc1OCC12CC3CC(CC(C3)C1)C2. The molecule has 1 saturated heterocycles. The number of rotatable bonds is 7. The van der Waals surface area contributed by atoms with Crippen LogP contribution < -0.4 is 9.46 Å². The van der Waals surface area contributed by atoms with Crippen LogP contribution in [0.3, 0.4) is 0 Å². The lowest BCUT2D eigenvalue weighted by atomic mass is 9.50. The number of fused-ring (bicyclic) bond motifs is 1. The Morgan fingerprint density at radius 2 is 1.81 bits per heavy atom. The molecular formula is C22H30FN5O3S. The number of hydrogen-bond acceptors (Lipinski definition) is 5. The smallest absolute Gasteiger partial charge is 0.304 e. The van der Waals surface area contributed by atoms with Gasteiger partial charge in [0.15, 0.2) is 5.65 Å². The van der Waals surface area contributed by atoms with E-state index in [-0.39, 0.29) is 19.0 Å². The molecule has 4 saturated carbocycles. The minimum Gasteiger partial charge on any atom is -0.493 e. The second kappa shape index (κ2) is 7.28. The Kier molecular flexibility index (Phi) is 4.70. The summed E-state index contributed by atoms with van der Waals surface area (Å²) in [6.07, 6.45) is 9.57. The van der Waals surface area contributed by atoms with E-state index in [1.807, 2.05) is 12.3 Å². The van der Waals surface area contributed by atoms with Gasteiger partial charge >= 0.3 is 10.2 Å². The maximum absolute atomic E-state index is 13.1. The number of pyridine rings is 1. The molecule has 7 rings (SSSR count). The predicted molar refractivity (Wildman–Crippen MR) is 117 cm³/mol. The van der Waals surface area contributed by atoms with Crippen molar-refractivity contribution in [2.75, 3.05) is 24.4 Å². The third-order valence-corrected chi connectivity index (χ3v) is 9.45. The second-order valence-corrected chi connectivity index (χ2v) is 12.2. The standard InChI is InChI=1S/C22H30FN5O3S/c1-2-17-10-28-20(24-25-21(28)26-32(29,30)27-11-18(23)12-27)6-19(17)31-13-22-7-14-3-15(8-22)5-16(4-14)9-22/h6,10,14-16,18H,2-5,7-9,11-13H2,1H3,(H,25,26). The number of alkyl halides is 1. The van der Waals surface area contributed by atoms with E-state index >= 15 is 0 Å². The lowest BCUT2D eigenvalue weighted by Crippen LogP contribution is -2.53.